The predicted molar refractivity (Wildman–Crippen MR) is 79.0 cm³/mol. The molecular weight excluding hydrogens is 256 g/mol. The van der Waals surface area contributed by atoms with Crippen LogP contribution >= 0.6 is 11.8 Å². The Morgan fingerprint density at radius 3 is 2.11 bits per heavy atom. The maximum atomic E-state index is 7.69. The van der Waals surface area contributed by atoms with Gasteiger partial charge in [-0.15, -0.1) is 0 Å². The lowest BCUT2D eigenvalue weighted by atomic mass is 10.1. The van der Waals surface area contributed by atoms with Gasteiger partial charge in [-0.2, -0.15) is 0 Å². The van der Waals surface area contributed by atoms with Crippen LogP contribution in [0.15, 0.2) is 58.3 Å². The minimum absolute atomic E-state index is 0.0794. The molecule has 0 aliphatic heterocycles. The van der Waals surface area contributed by atoms with Gasteiger partial charge in [0.25, 0.3) is 0 Å². The van der Waals surface area contributed by atoms with Crippen molar-refractivity contribution in [1.29, 1.82) is 10.8 Å². The van der Waals surface area contributed by atoms with Crippen LogP contribution in [0.3, 0.4) is 0 Å². The third kappa shape index (κ3) is 2.95. The van der Waals surface area contributed by atoms with E-state index in [9.17, 15) is 0 Å². The van der Waals surface area contributed by atoms with Crippen LogP contribution in [0.2, 0.25) is 0 Å². The first-order valence-corrected chi connectivity index (χ1v) is 6.46. The average Bonchev–Trinajstić information content (AvgIpc) is 2.39. The van der Waals surface area contributed by atoms with E-state index in [0.29, 0.717) is 11.1 Å². The number of nitrogens with one attached hydrogen (secondary N) is 2. The topological polar surface area (TPSA) is 99.7 Å². The highest BCUT2D eigenvalue weighted by Crippen LogP contribution is 2.31. The molecule has 0 bridgehead atoms. The van der Waals surface area contributed by atoms with E-state index in [1.165, 1.54) is 11.8 Å². The number of rotatable bonds is 4. The van der Waals surface area contributed by atoms with Gasteiger partial charge in [-0.05, 0) is 18.2 Å². The van der Waals surface area contributed by atoms with E-state index in [-0.39, 0.29) is 11.7 Å². The molecule has 2 aromatic carbocycles. The Morgan fingerprint density at radius 2 is 1.53 bits per heavy atom. The highest BCUT2D eigenvalue weighted by atomic mass is 32.2. The second kappa shape index (κ2) is 5.58. The lowest BCUT2D eigenvalue weighted by molar-refractivity contribution is 1.30. The van der Waals surface area contributed by atoms with Crippen LogP contribution in [0.5, 0.6) is 0 Å². The number of hydrogen-bond donors (Lipinski definition) is 4. The molecule has 0 saturated heterocycles. The minimum atomic E-state index is -0.0827. The fourth-order valence-electron chi connectivity index (χ4n) is 1.73. The quantitative estimate of drug-likeness (QED) is 0.507. The van der Waals surface area contributed by atoms with Gasteiger partial charge >= 0.3 is 0 Å². The molecule has 0 unspecified atom stereocenters. The summed E-state index contributed by atoms with van der Waals surface area (Å²) in [6, 6.07) is 15.2. The first-order chi connectivity index (χ1) is 9.09. The molecular formula is C14H14N4S. The van der Waals surface area contributed by atoms with E-state index < -0.39 is 0 Å². The van der Waals surface area contributed by atoms with Crippen LogP contribution in [0.4, 0.5) is 0 Å². The standard InChI is InChI=1S/C14H14N4S/c15-13(16)10-7-4-8-11(12(10)14(17)18)19-9-5-2-1-3-6-9/h1-8H,(H3,15,16)(H3,17,18). The Bertz CT molecular complexity index is 623. The van der Waals surface area contributed by atoms with Crippen LogP contribution < -0.4 is 11.5 Å². The van der Waals surface area contributed by atoms with Crippen molar-refractivity contribution in [3.8, 4) is 0 Å². The smallest absolute Gasteiger partial charge is 0.124 e. The Balaban J connectivity index is 2.48. The number of benzene rings is 2. The lowest BCUT2D eigenvalue weighted by Crippen LogP contribution is -2.21. The van der Waals surface area contributed by atoms with E-state index in [1.807, 2.05) is 42.5 Å². The molecule has 19 heavy (non-hydrogen) atoms. The van der Waals surface area contributed by atoms with Gasteiger partial charge < -0.3 is 11.5 Å². The highest BCUT2D eigenvalue weighted by molar-refractivity contribution is 7.99. The van der Waals surface area contributed by atoms with Crippen LogP contribution in [0.25, 0.3) is 0 Å². The summed E-state index contributed by atoms with van der Waals surface area (Å²) < 4.78 is 0. The van der Waals surface area contributed by atoms with Gasteiger partial charge in [-0.3, -0.25) is 10.8 Å². The molecule has 0 spiro atoms. The maximum absolute atomic E-state index is 7.69. The van der Waals surface area contributed by atoms with E-state index in [4.69, 9.17) is 22.3 Å². The average molecular weight is 270 g/mol. The third-order valence-electron chi connectivity index (χ3n) is 2.56. The Labute approximate surface area is 115 Å². The van der Waals surface area contributed by atoms with Gasteiger partial charge in [-0.25, -0.2) is 0 Å². The van der Waals surface area contributed by atoms with E-state index in [1.54, 1.807) is 6.07 Å². The molecule has 0 radical (unpaired) electrons. The molecule has 0 amide bonds. The Kier molecular flexibility index (Phi) is 3.87. The second-order valence-electron chi connectivity index (χ2n) is 3.92. The van der Waals surface area contributed by atoms with Gasteiger partial charge in [-0.1, -0.05) is 42.1 Å². The van der Waals surface area contributed by atoms with Crippen LogP contribution in [0.1, 0.15) is 11.1 Å². The first-order valence-electron chi connectivity index (χ1n) is 5.64. The molecule has 4 nitrogen and oxygen atoms in total. The number of nitrogens with two attached hydrogens (primary N) is 2. The van der Waals surface area contributed by atoms with Crippen molar-refractivity contribution in [1.82, 2.24) is 0 Å². The first kappa shape index (κ1) is 13.2. The molecule has 0 aromatic heterocycles. The van der Waals surface area contributed by atoms with Crippen molar-refractivity contribution in [3.63, 3.8) is 0 Å². The van der Waals surface area contributed by atoms with E-state index in [2.05, 4.69) is 0 Å². The number of nitrogen functional groups attached to an aromatic ring is 2. The molecule has 96 valence electrons. The summed E-state index contributed by atoms with van der Waals surface area (Å²) in [6.07, 6.45) is 0. The van der Waals surface area contributed by atoms with E-state index in [0.717, 1.165) is 9.79 Å². The number of amidine groups is 2. The zero-order valence-electron chi connectivity index (χ0n) is 10.2. The normalized spacial score (nSPS) is 10.1. The van der Waals surface area contributed by atoms with Crippen LogP contribution in [-0.4, -0.2) is 11.7 Å². The molecule has 0 aliphatic rings. The molecule has 0 aliphatic carbocycles. The molecule has 0 atom stereocenters. The zero-order chi connectivity index (χ0) is 13.8. The second-order valence-corrected chi connectivity index (χ2v) is 5.04. The van der Waals surface area contributed by atoms with Gasteiger partial charge in [0.2, 0.25) is 0 Å². The number of hydrogen-bond acceptors (Lipinski definition) is 3. The maximum Gasteiger partial charge on any atom is 0.124 e. The van der Waals surface area contributed by atoms with Gasteiger partial charge in [0.15, 0.2) is 0 Å². The molecule has 0 fully saturated rings. The molecule has 0 saturated carbocycles. The van der Waals surface area contributed by atoms with E-state index >= 15 is 0 Å². The van der Waals surface area contributed by atoms with Crippen LogP contribution in [0, 0.1) is 10.8 Å². The Hall–Kier alpha value is -2.27. The van der Waals surface area contributed by atoms with Gasteiger partial charge in [0.1, 0.15) is 11.7 Å². The van der Waals surface area contributed by atoms with Crippen molar-refractivity contribution in [3.05, 3.63) is 59.7 Å². The fourth-order valence-corrected chi connectivity index (χ4v) is 2.75. The molecule has 6 N–H and O–H groups in total. The summed E-state index contributed by atoms with van der Waals surface area (Å²) in [4.78, 5) is 1.87. The monoisotopic (exact) mass is 270 g/mol. The molecule has 2 rings (SSSR count). The highest BCUT2D eigenvalue weighted by Gasteiger charge is 2.13. The van der Waals surface area contributed by atoms with Gasteiger partial charge in [0.05, 0.1) is 0 Å². The molecule has 2 aromatic rings. The van der Waals surface area contributed by atoms with Crippen molar-refractivity contribution in [2.24, 2.45) is 11.5 Å². The van der Waals surface area contributed by atoms with Crippen molar-refractivity contribution in [2.45, 2.75) is 9.79 Å². The SMILES string of the molecule is N=C(N)c1cccc(Sc2ccccc2)c1C(=N)N. The van der Waals surface area contributed by atoms with Gasteiger partial charge in [0, 0.05) is 20.9 Å². The molecule has 0 heterocycles. The third-order valence-corrected chi connectivity index (χ3v) is 3.62. The predicted octanol–water partition coefficient (Wildman–Crippen LogP) is 2.41. The van der Waals surface area contributed by atoms with Crippen molar-refractivity contribution < 1.29 is 0 Å². The van der Waals surface area contributed by atoms with Crippen molar-refractivity contribution >= 4 is 23.4 Å². The van der Waals surface area contributed by atoms with Crippen LogP contribution in [-0.2, 0) is 0 Å². The zero-order valence-corrected chi connectivity index (χ0v) is 11.0. The summed E-state index contributed by atoms with van der Waals surface area (Å²) in [5, 5.41) is 15.3. The van der Waals surface area contributed by atoms with Crippen molar-refractivity contribution in [2.75, 3.05) is 0 Å². The fraction of sp³-hybridized carbons (Fsp3) is 0. The summed E-state index contributed by atoms with van der Waals surface area (Å²) in [6.45, 7) is 0. The summed E-state index contributed by atoms with van der Waals surface area (Å²) >= 11 is 1.50. The summed E-state index contributed by atoms with van der Waals surface area (Å²) in [7, 11) is 0. The minimum Gasteiger partial charge on any atom is -0.384 e. The molecule has 5 heteroatoms. The summed E-state index contributed by atoms with van der Waals surface area (Å²) in [5.41, 5.74) is 12.2. The Morgan fingerprint density at radius 1 is 0.842 bits per heavy atom. The summed E-state index contributed by atoms with van der Waals surface area (Å²) in [5.74, 6) is -0.162. The lowest BCUT2D eigenvalue weighted by Gasteiger charge is -2.12. The largest absolute Gasteiger partial charge is 0.384 e.